The zero-order valence-corrected chi connectivity index (χ0v) is 10.4. The molecule has 0 aromatic heterocycles. The van der Waals surface area contributed by atoms with Gasteiger partial charge in [0.15, 0.2) is 11.5 Å². The maximum absolute atomic E-state index is 11.8. The number of fused-ring (bicyclic) bond motifs is 1. The second-order valence-corrected chi connectivity index (χ2v) is 4.07. The van der Waals surface area contributed by atoms with Crippen LogP contribution in [0.2, 0.25) is 0 Å². The molecule has 0 saturated heterocycles. The zero-order valence-electron chi connectivity index (χ0n) is 10.4. The highest BCUT2D eigenvalue weighted by Gasteiger charge is 2.18. The second kappa shape index (κ2) is 5.62. The maximum Gasteiger partial charge on any atom is 0.340 e. The molecule has 0 radical (unpaired) electrons. The van der Waals surface area contributed by atoms with Crippen LogP contribution in [0.25, 0.3) is 0 Å². The minimum atomic E-state index is -0.426. The van der Waals surface area contributed by atoms with E-state index in [0.29, 0.717) is 42.6 Å². The summed E-state index contributed by atoms with van der Waals surface area (Å²) in [5.41, 5.74) is 6.51. The number of esters is 1. The normalized spacial score (nSPS) is 13.8. The van der Waals surface area contributed by atoms with Crippen LogP contribution in [0, 0.1) is 0 Å². The molecule has 0 unspecified atom stereocenters. The summed E-state index contributed by atoms with van der Waals surface area (Å²) in [6, 6.07) is 3.21. The molecule has 0 fully saturated rings. The average molecular weight is 251 g/mol. The van der Waals surface area contributed by atoms with Gasteiger partial charge in [-0.2, -0.15) is 0 Å². The maximum atomic E-state index is 11.8. The second-order valence-electron chi connectivity index (χ2n) is 4.07. The fourth-order valence-electron chi connectivity index (χ4n) is 1.67. The van der Waals surface area contributed by atoms with Crippen molar-refractivity contribution in [1.82, 2.24) is 0 Å². The first-order chi connectivity index (χ1) is 8.72. The number of hydrogen-bond acceptors (Lipinski definition) is 5. The lowest BCUT2D eigenvalue weighted by molar-refractivity contribution is 0.0506. The van der Waals surface area contributed by atoms with Gasteiger partial charge in [0.2, 0.25) is 0 Å². The molecule has 2 N–H and O–H groups in total. The van der Waals surface area contributed by atoms with E-state index in [1.807, 2.05) is 6.92 Å². The lowest BCUT2D eigenvalue weighted by Gasteiger charge is -2.11. The number of ether oxygens (including phenoxy) is 3. The van der Waals surface area contributed by atoms with E-state index in [-0.39, 0.29) is 0 Å². The molecule has 5 nitrogen and oxygen atoms in total. The van der Waals surface area contributed by atoms with Gasteiger partial charge in [0.25, 0.3) is 0 Å². The van der Waals surface area contributed by atoms with Crippen molar-refractivity contribution in [1.29, 1.82) is 0 Å². The highest BCUT2D eigenvalue weighted by Crippen LogP contribution is 2.34. The number of hydrogen-bond donors (Lipinski definition) is 1. The molecule has 1 aromatic rings. The van der Waals surface area contributed by atoms with Gasteiger partial charge in [0.05, 0.1) is 31.1 Å². The first kappa shape index (κ1) is 12.5. The predicted molar refractivity (Wildman–Crippen MR) is 67.0 cm³/mol. The van der Waals surface area contributed by atoms with Gasteiger partial charge in [0.1, 0.15) is 0 Å². The number of benzene rings is 1. The van der Waals surface area contributed by atoms with Crippen molar-refractivity contribution in [3.8, 4) is 11.5 Å². The smallest absolute Gasteiger partial charge is 0.340 e. The van der Waals surface area contributed by atoms with E-state index in [1.165, 1.54) is 0 Å². The summed E-state index contributed by atoms with van der Waals surface area (Å²) >= 11 is 0. The lowest BCUT2D eigenvalue weighted by Crippen LogP contribution is -2.09. The Kier molecular flexibility index (Phi) is 3.92. The molecule has 1 aliphatic heterocycles. The highest BCUT2D eigenvalue weighted by molar-refractivity contribution is 5.96. The Labute approximate surface area is 106 Å². The van der Waals surface area contributed by atoms with E-state index in [1.54, 1.807) is 12.1 Å². The first-order valence-corrected chi connectivity index (χ1v) is 6.08. The van der Waals surface area contributed by atoms with Crippen LogP contribution in [0.4, 0.5) is 5.69 Å². The van der Waals surface area contributed by atoms with Gasteiger partial charge in [-0.3, -0.25) is 0 Å². The SMILES string of the molecule is CCCOC(=O)c1cc2c(cc1N)OCCCO2. The predicted octanol–water partition coefficient (Wildman–Crippen LogP) is 2.00. The minimum Gasteiger partial charge on any atom is -0.490 e. The summed E-state index contributed by atoms with van der Waals surface area (Å²) in [6.45, 7) is 3.48. The summed E-state index contributed by atoms with van der Waals surface area (Å²) in [5.74, 6) is 0.701. The fourth-order valence-corrected chi connectivity index (χ4v) is 1.67. The fraction of sp³-hybridized carbons (Fsp3) is 0.462. The van der Waals surface area contributed by atoms with Crippen LogP contribution in [0.15, 0.2) is 12.1 Å². The Morgan fingerprint density at radius 3 is 2.67 bits per heavy atom. The van der Waals surface area contributed by atoms with Gasteiger partial charge < -0.3 is 19.9 Å². The van der Waals surface area contributed by atoms with Crippen molar-refractivity contribution in [3.05, 3.63) is 17.7 Å². The van der Waals surface area contributed by atoms with E-state index in [9.17, 15) is 4.79 Å². The molecule has 0 saturated carbocycles. The van der Waals surface area contributed by atoms with E-state index in [4.69, 9.17) is 19.9 Å². The Balaban J connectivity index is 2.26. The highest BCUT2D eigenvalue weighted by atomic mass is 16.5. The van der Waals surface area contributed by atoms with E-state index in [0.717, 1.165) is 12.8 Å². The van der Waals surface area contributed by atoms with Gasteiger partial charge >= 0.3 is 5.97 Å². The molecular weight excluding hydrogens is 234 g/mol. The van der Waals surface area contributed by atoms with Crippen LogP contribution >= 0.6 is 0 Å². The molecular formula is C13H17NO4. The van der Waals surface area contributed by atoms with Crippen molar-refractivity contribution >= 4 is 11.7 Å². The van der Waals surface area contributed by atoms with E-state index < -0.39 is 5.97 Å². The van der Waals surface area contributed by atoms with Gasteiger partial charge in [-0.05, 0) is 6.42 Å². The van der Waals surface area contributed by atoms with Crippen LogP contribution in [0.3, 0.4) is 0 Å². The number of anilines is 1. The number of rotatable bonds is 3. The molecule has 0 amide bonds. The Hall–Kier alpha value is -1.91. The largest absolute Gasteiger partial charge is 0.490 e. The number of carbonyl (C=O) groups excluding carboxylic acids is 1. The van der Waals surface area contributed by atoms with Crippen LogP contribution in [-0.2, 0) is 4.74 Å². The topological polar surface area (TPSA) is 70.8 Å². The minimum absolute atomic E-state index is 0.327. The van der Waals surface area contributed by atoms with E-state index >= 15 is 0 Å². The Morgan fingerprint density at radius 2 is 2.00 bits per heavy atom. The molecule has 18 heavy (non-hydrogen) atoms. The van der Waals surface area contributed by atoms with Gasteiger partial charge in [-0.15, -0.1) is 0 Å². The summed E-state index contributed by atoms with van der Waals surface area (Å²) in [5, 5.41) is 0. The Bertz CT molecular complexity index is 445. The molecule has 1 aliphatic rings. The van der Waals surface area contributed by atoms with Gasteiger partial charge in [-0.1, -0.05) is 6.92 Å². The quantitative estimate of drug-likeness (QED) is 0.657. The van der Waals surface area contributed by atoms with Crippen LogP contribution in [0.5, 0.6) is 11.5 Å². The summed E-state index contributed by atoms with van der Waals surface area (Å²) in [7, 11) is 0. The molecule has 1 aromatic carbocycles. The molecule has 1 heterocycles. The first-order valence-electron chi connectivity index (χ1n) is 6.08. The van der Waals surface area contributed by atoms with Crippen LogP contribution in [0.1, 0.15) is 30.1 Å². The third-order valence-electron chi connectivity index (χ3n) is 2.58. The molecule has 0 bridgehead atoms. The molecule has 5 heteroatoms. The molecule has 0 atom stereocenters. The molecule has 0 aliphatic carbocycles. The standard InChI is InChI=1S/C13H17NO4/c1-2-4-18-13(15)9-7-11-12(8-10(9)14)17-6-3-5-16-11/h7-8H,2-6,14H2,1H3. The molecule has 2 rings (SSSR count). The number of carbonyl (C=O) groups is 1. The van der Waals surface area contributed by atoms with Crippen molar-refractivity contribution in [2.45, 2.75) is 19.8 Å². The van der Waals surface area contributed by atoms with Crippen molar-refractivity contribution in [2.24, 2.45) is 0 Å². The summed E-state index contributed by atoms with van der Waals surface area (Å²) in [6.07, 6.45) is 1.58. The van der Waals surface area contributed by atoms with Gasteiger partial charge in [0, 0.05) is 18.6 Å². The lowest BCUT2D eigenvalue weighted by atomic mass is 10.1. The van der Waals surface area contributed by atoms with E-state index in [2.05, 4.69) is 0 Å². The van der Waals surface area contributed by atoms with Gasteiger partial charge in [-0.25, -0.2) is 4.79 Å². The van der Waals surface area contributed by atoms with Crippen LogP contribution < -0.4 is 15.2 Å². The number of nitrogens with two attached hydrogens (primary N) is 1. The monoisotopic (exact) mass is 251 g/mol. The molecule has 98 valence electrons. The van der Waals surface area contributed by atoms with Crippen molar-refractivity contribution < 1.29 is 19.0 Å². The van der Waals surface area contributed by atoms with Crippen molar-refractivity contribution in [2.75, 3.05) is 25.6 Å². The Morgan fingerprint density at radius 1 is 1.33 bits per heavy atom. The van der Waals surface area contributed by atoms with Crippen molar-refractivity contribution in [3.63, 3.8) is 0 Å². The van der Waals surface area contributed by atoms with Crippen LogP contribution in [-0.4, -0.2) is 25.8 Å². The molecule has 0 spiro atoms. The summed E-state index contributed by atoms with van der Waals surface area (Å²) in [4.78, 5) is 11.8. The third-order valence-corrected chi connectivity index (χ3v) is 2.58. The third kappa shape index (κ3) is 2.67. The summed E-state index contributed by atoms with van der Waals surface area (Å²) < 4.78 is 16.1. The average Bonchev–Trinajstić information content (AvgIpc) is 2.59. The zero-order chi connectivity index (χ0) is 13.0. The number of nitrogen functional groups attached to an aromatic ring is 1.